The van der Waals surface area contributed by atoms with Gasteiger partial charge in [0.15, 0.2) is 0 Å². The van der Waals surface area contributed by atoms with Crippen LogP contribution in [0.3, 0.4) is 0 Å². The van der Waals surface area contributed by atoms with Gasteiger partial charge < -0.3 is 9.64 Å². The van der Waals surface area contributed by atoms with Gasteiger partial charge in [-0.15, -0.1) is 0 Å². The first kappa shape index (κ1) is 19.9. The van der Waals surface area contributed by atoms with Crippen molar-refractivity contribution in [3.8, 4) is 11.1 Å². The summed E-state index contributed by atoms with van der Waals surface area (Å²) in [7, 11) is 0. The fourth-order valence-electron chi connectivity index (χ4n) is 3.80. The highest BCUT2D eigenvalue weighted by Gasteiger charge is 2.35. The van der Waals surface area contributed by atoms with E-state index >= 15 is 0 Å². The molecule has 2 aliphatic rings. The molecule has 154 valence electrons. The Bertz CT molecular complexity index is 967. The van der Waals surface area contributed by atoms with E-state index in [2.05, 4.69) is 21.0 Å². The van der Waals surface area contributed by atoms with E-state index in [1.807, 2.05) is 50.0 Å². The topological polar surface area (TPSA) is 67.7 Å². The number of benzene rings is 1. The van der Waals surface area contributed by atoms with E-state index in [-0.39, 0.29) is 18.1 Å². The maximum Gasteiger partial charge on any atom is 0.414 e. The van der Waals surface area contributed by atoms with Crippen LogP contribution in [0, 0.1) is 0 Å². The molecule has 1 saturated carbocycles. The lowest BCUT2D eigenvalue weighted by Gasteiger charge is -2.40. The molecule has 29 heavy (non-hydrogen) atoms. The summed E-state index contributed by atoms with van der Waals surface area (Å²) in [5, 5.41) is 4.48. The Morgan fingerprint density at radius 2 is 1.97 bits per heavy atom. The quantitative estimate of drug-likeness (QED) is 0.662. The van der Waals surface area contributed by atoms with Crippen molar-refractivity contribution in [1.82, 2.24) is 9.78 Å². The molecule has 1 unspecified atom stereocenters. The van der Waals surface area contributed by atoms with Crippen LogP contribution in [0.1, 0.15) is 46.6 Å². The molecule has 0 N–H and O–H groups in total. The molecule has 2 amide bonds. The lowest BCUT2D eigenvalue weighted by atomic mass is 10.0. The van der Waals surface area contributed by atoms with E-state index in [1.54, 1.807) is 16.7 Å². The number of aromatic nitrogens is 2. The van der Waals surface area contributed by atoms with Crippen molar-refractivity contribution in [2.24, 2.45) is 0 Å². The molecule has 8 heteroatoms. The molecule has 0 saturated heterocycles. The third-order valence-electron chi connectivity index (χ3n) is 5.23. The molecule has 0 bridgehead atoms. The van der Waals surface area contributed by atoms with Gasteiger partial charge in [0, 0.05) is 35.3 Å². The molecule has 1 aromatic heterocycles. The van der Waals surface area contributed by atoms with Gasteiger partial charge in [0.2, 0.25) is 5.91 Å². The Hall–Kier alpha value is -2.35. The highest BCUT2D eigenvalue weighted by molar-refractivity contribution is 9.10. The van der Waals surface area contributed by atoms with Crippen LogP contribution in [-0.4, -0.2) is 40.5 Å². The second kappa shape index (κ2) is 7.48. The van der Waals surface area contributed by atoms with Gasteiger partial charge in [0.05, 0.1) is 35.8 Å². The third-order valence-corrected chi connectivity index (χ3v) is 5.89. The molecule has 1 aliphatic carbocycles. The summed E-state index contributed by atoms with van der Waals surface area (Å²) in [6, 6.07) is 4.19. The highest BCUT2D eigenvalue weighted by atomic mass is 79.9. The Balaban J connectivity index is 1.81. The summed E-state index contributed by atoms with van der Waals surface area (Å²) < 4.78 is 8.31. The lowest BCUT2D eigenvalue weighted by Crippen LogP contribution is -2.51. The number of carbonyl (C=O) groups excluding carboxylic acids is 2. The van der Waals surface area contributed by atoms with E-state index in [9.17, 15) is 9.59 Å². The van der Waals surface area contributed by atoms with Crippen LogP contribution in [-0.2, 0) is 9.53 Å². The number of carbonyl (C=O) groups is 2. The van der Waals surface area contributed by atoms with Crippen molar-refractivity contribution in [3.05, 3.63) is 29.0 Å². The van der Waals surface area contributed by atoms with Crippen molar-refractivity contribution in [2.45, 2.75) is 58.7 Å². The number of rotatable bonds is 3. The number of halogens is 1. The fourth-order valence-corrected chi connectivity index (χ4v) is 4.36. The maximum absolute atomic E-state index is 12.8. The first-order valence-corrected chi connectivity index (χ1v) is 10.7. The number of amides is 2. The molecule has 2 aromatic rings. The molecule has 0 spiro atoms. The largest absolute Gasteiger partial charge is 0.446 e. The smallest absolute Gasteiger partial charge is 0.414 e. The monoisotopic (exact) mass is 460 g/mol. The zero-order valence-corrected chi connectivity index (χ0v) is 18.6. The standard InChI is InChI=1S/C21H25BrN4O3/c1-12(2)29-21(28)24-10-13(3)26(14(4)27)20-8-18(22)17(7-19(20)24)15-9-23-25(11-15)16-5-6-16/h7-9,11-13,16H,5-6,10H2,1-4H3. The summed E-state index contributed by atoms with van der Waals surface area (Å²) in [6.07, 6.45) is 5.57. The normalized spacial score (nSPS) is 18.8. The summed E-state index contributed by atoms with van der Waals surface area (Å²) in [5.74, 6) is -0.0585. The van der Waals surface area contributed by atoms with Crippen molar-refractivity contribution in [2.75, 3.05) is 16.3 Å². The molecule has 2 heterocycles. The second-order valence-electron chi connectivity index (χ2n) is 8.04. The summed E-state index contributed by atoms with van der Waals surface area (Å²) in [5.41, 5.74) is 3.26. The molecular formula is C21H25BrN4O3. The molecule has 0 radical (unpaired) electrons. The number of hydrogen-bond acceptors (Lipinski definition) is 4. The third kappa shape index (κ3) is 3.77. The average Bonchev–Trinajstić information content (AvgIpc) is 3.37. The summed E-state index contributed by atoms with van der Waals surface area (Å²) >= 11 is 3.66. The molecule has 1 atom stereocenters. The van der Waals surface area contributed by atoms with Crippen molar-refractivity contribution in [1.29, 1.82) is 0 Å². The molecular weight excluding hydrogens is 436 g/mol. The minimum atomic E-state index is -0.404. The molecule has 7 nitrogen and oxygen atoms in total. The van der Waals surface area contributed by atoms with E-state index < -0.39 is 6.09 Å². The van der Waals surface area contributed by atoms with Crippen LogP contribution in [0.5, 0.6) is 0 Å². The van der Waals surface area contributed by atoms with Crippen LogP contribution in [0.25, 0.3) is 11.1 Å². The van der Waals surface area contributed by atoms with E-state index in [0.29, 0.717) is 24.0 Å². The van der Waals surface area contributed by atoms with Gasteiger partial charge in [-0.25, -0.2) is 4.79 Å². The van der Waals surface area contributed by atoms with E-state index in [0.717, 1.165) is 28.4 Å². The predicted molar refractivity (Wildman–Crippen MR) is 115 cm³/mol. The maximum atomic E-state index is 12.8. The van der Waals surface area contributed by atoms with Gasteiger partial charge in [0.1, 0.15) is 0 Å². The van der Waals surface area contributed by atoms with Crippen molar-refractivity contribution < 1.29 is 14.3 Å². The number of hydrogen-bond donors (Lipinski definition) is 0. The highest BCUT2D eigenvalue weighted by Crippen LogP contribution is 2.43. The lowest BCUT2D eigenvalue weighted by molar-refractivity contribution is -0.117. The summed E-state index contributed by atoms with van der Waals surface area (Å²) in [6.45, 7) is 7.51. The minimum Gasteiger partial charge on any atom is -0.446 e. The Morgan fingerprint density at radius 3 is 2.59 bits per heavy atom. The van der Waals surface area contributed by atoms with Crippen LogP contribution >= 0.6 is 15.9 Å². The molecule has 4 rings (SSSR count). The first-order chi connectivity index (χ1) is 13.8. The zero-order valence-electron chi connectivity index (χ0n) is 17.1. The zero-order chi connectivity index (χ0) is 20.9. The van der Waals surface area contributed by atoms with Gasteiger partial charge in [-0.3, -0.25) is 14.4 Å². The first-order valence-electron chi connectivity index (χ1n) is 9.92. The molecule has 1 aromatic carbocycles. The van der Waals surface area contributed by atoms with Crippen LogP contribution in [0.15, 0.2) is 29.0 Å². The van der Waals surface area contributed by atoms with Crippen molar-refractivity contribution >= 4 is 39.3 Å². The van der Waals surface area contributed by atoms with E-state index in [1.165, 1.54) is 0 Å². The van der Waals surface area contributed by atoms with Crippen molar-refractivity contribution in [3.63, 3.8) is 0 Å². The Labute approximate surface area is 178 Å². The SMILES string of the molecule is CC(=O)N1c2cc(Br)c(-c3cnn(C4CC4)c3)cc2N(C(=O)OC(C)C)CC1C. The van der Waals surface area contributed by atoms with Crippen LogP contribution < -0.4 is 9.80 Å². The molecule has 1 aliphatic heterocycles. The fraction of sp³-hybridized carbons (Fsp3) is 0.476. The average molecular weight is 461 g/mol. The predicted octanol–water partition coefficient (Wildman–Crippen LogP) is 4.75. The molecule has 1 fully saturated rings. The van der Waals surface area contributed by atoms with Gasteiger partial charge in [-0.05, 0) is 45.7 Å². The van der Waals surface area contributed by atoms with Crippen LogP contribution in [0.2, 0.25) is 0 Å². The van der Waals surface area contributed by atoms with Gasteiger partial charge in [0.25, 0.3) is 0 Å². The number of fused-ring (bicyclic) bond motifs is 1. The van der Waals surface area contributed by atoms with Gasteiger partial charge in [-0.1, -0.05) is 15.9 Å². The van der Waals surface area contributed by atoms with Gasteiger partial charge >= 0.3 is 6.09 Å². The Kier molecular flexibility index (Phi) is 5.14. The number of nitrogens with zero attached hydrogens (tertiary/aromatic N) is 4. The summed E-state index contributed by atoms with van der Waals surface area (Å²) in [4.78, 5) is 28.5. The number of anilines is 2. The number of ether oxygens (including phenoxy) is 1. The Morgan fingerprint density at radius 1 is 1.24 bits per heavy atom. The van der Waals surface area contributed by atoms with Crippen LogP contribution in [0.4, 0.5) is 16.2 Å². The van der Waals surface area contributed by atoms with E-state index in [4.69, 9.17) is 4.74 Å². The second-order valence-corrected chi connectivity index (χ2v) is 8.90. The minimum absolute atomic E-state index is 0.0585. The van der Waals surface area contributed by atoms with Gasteiger partial charge in [-0.2, -0.15) is 5.10 Å².